The van der Waals surface area contributed by atoms with Crippen LogP contribution in [0, 0.1) is 5.92 Å². The van der Waals surface area contributed by atoms with E-state index in [1.165, 1.54) is 0 Å². The molecular weight excluding hydrogens is 404 g/mol. The number of rotatable bonds is 3. The molecular formula is C26H32N2O4. The minimum atomic E-state index is -0.511. The van der Waals surface area contributed by atoms with Gasteiger partial charge >= 0.3 is 12.2 Å². The summed E-state index contributed by atoms with van der Waals surface area (Å²) in [6.07, 6.45) is 1.36. The van der Waals surface area contributed by atoms with Crippen molar-refractivity contribution < 1.29 is 19.1 Å². The number of amides is 2. The second kappa shape index (κ2) is 9.23. The van der Waals surface area contributed by atoms with Crippen molar-refractivity contribution in [2.24, 2.45) is 5.92 Å². The van der Waals surface area contributed by atoms with Crippen molar-refractivity contribution in [3.8, 4) is 0 Å². The van der Waals surface area contributed by atoms with Gasteiger partial charge in [-0.15, -0.1) is 0 Å². The van der Waals surface area contributed by atoms with Crippen molar-refractivity contribution in [2.45, 2.75) is 51.7 Å². The maximum atomic E-state index is 13.0. The topological polar surface area (TPSA) is 59.1 Å². The molecule has 0 radical (unpaired) electrons. The van der Waals surface area contributed by atoms with Crippen LogP contribution in [-0.4, -0.2) is 42.3 Å². The molecule has 6 heteroatoms. The zero-order valence-corrected chi connectivity index (χ0v) is 19.1. The zero-order valence-electron chi connectivity index (χ0n) is 19.1. The van der Waals surface area contributed by atoms with Gasteiger partial charge in [0, 0.05) is 25.6 Å². The number of para-hydroxylation sites is 1. The number of nitrogens with zero attached hydrogens (tertiary/aromatic N) is 2. The summed E-state index contributed by atoms with van der Waals surface area (Å²) in [4.78, 5) is 29.2. The normalized spacial score (nSPS) is 20.6. The van der Waals surface area contributed by atoms with E-state index in [0.29, 0.717) is 19.6 Å². The fourth-order valence-corrected chi connectivity index (χ4v) is 4.64. The quantitative estimate of drug-likeness (QED) is 0.631. The highest BCUT2D eigenvalue weighted by atomic mass is 16.6. The largest absolute Gasteiger partial charge is 0.444 e. The van der Waals surface area contributed by atoms with Crippen molar-refractivity contribution in [1.82, 2.24) is 4.90 Å². The van der Waals surface area contributed by atoms with Crippen LogP contribution in [0.1, 0.15) is 50.7 Å². The molecule has 4 rings (SSSR count). The maximum absolute atomic E-state index is 13.0. The average Bonchev–Trinajstić information content (AvgIpc) is 3.17. The summed E-state index contributed by atoms with van der Waals surface area (Å²) in [5.41, 5.74) is 2.51. The third-order valence-corrected chi connectivity index (χ3v) is 6.11. The van der Waals surface area contributed by atoms with Gasteiger partial charge < -0.3 is 14.4 Å². The average molecular weight is 437 g/mol. The molecule has 2 aliphatic heterocycles. The number of hydrogen-bond acceptors (Lipinski definition) is 4. The van der Waals surface area contributed by atoms with E-state index in [0.717, 1.165) is 29.7 Å². The number of likely N-dealkylation sites (tertiary alicyclic amines) is 1. The Hall–Kier alpha value is -3.02. The lowest BCUT2D eigenvalue weighted by atomic mass is 9.82. The van der Waals surface area contributed by atoms with Crippen LogP contribution in [0.2, 0.25) is 0 Å². The summed E-state index contributed by atoms with van der Waals surface area (Å²) >= 11 is 0. The highest BCUT2D eigenvalue weighted by molar-refractivity contribution is 5.91. The zero-order chi connectivity index (χ0) is 22.7. The fourth-order valence-electron chi connectivity index (χ4n) is 4.64. The third-order valence-electron chi connectivity index (χ3n) is 6.11. The number of piperidine rings is 1. The van der Waals surface area contributed by atoms with Gasteiger partial charge in [0.2, 0.25) is 0 Å². The SMILES string of the molecule is CC(C)(C)OC(=O)N1CCCC(C2CN(C(=O)OCc3ccccc3)c3ccccc32)C1. The van der Waals surface area contributed by atoms with Crippen LogP contribution in [0.3, 0.4) is 0 Å². The molecule has 2 aromatic rings. The smallest absolute Gasteiger partial charge is 0.414 e. The number of ether oxygens (including phenoxy) is 2. The van der Waals surface area contributed by atoms with Crippen molar-refractivity contribution >= 4 is 17.9 Å². The van der Waals surface area contributed by atoms with Gasteiger partial charge in [-0.05, 0) is 56.7 Å². The van der Waals surface area contributed by atoms with E-state index in [1.54, 1.807) is 4.90 Å². The third kappa shape index (κ3) is 5.06. The van der Waals surface area contributed by atoms with Crippen LogP contribution in [0.5, 0.6) is 0 Å². The van der Waals surface area contributed by atoms with Gasteiger partial charge in [-0.25, -0.2) is 9.59 Å². The first-order valence-corrected chi connectivity index (χ1v) is 11.4. The Bertz CT molecular complexity index is 954. The first-order valence-electron chi connectivity index (χ1n) is 11.4. The Kier molecular flexibility index (Phi) is 6.40. The van der Waals surface area contributed by atoms with Crippen LogP contribution in [0.15, 0.2) is 54.6 Å². The van der Waals surface area contributed by atoms with Crippen molar-refractivity contribution in [3.05, 3.63) is 65.7 Å². The molecule has 1 fully saturated rings. The van der Waals surface area contributed by atoms with Gasteiger partial charge in [-0.3, -0.25) is 4.90 Å². The van der Waals surface area contributed by atoms with E-state index in [1.807, 2.05) is 74.2 Å². The van der Waals surface area contributed by atoms with Crippen molar-refractivity contribution in [2.75, 3.05) is 24.5 Å². The highest BCUT2D eigenvalue weighted by Crippen LogP contribution is 2.43. The lowest BCUT2D eigenvalue weighted by Crippen LogP contribution is -2.44. The van der Waals surface area contributed by atoms with Crippen LogP contribution in [0.25, 0.3) is 0 Å². The molecule has 2 aromatic carbocycles. The molecule has 170 valence electrons. The molecule has 32 heavy (non-hydrogen) atoms. The predicted octanol–water partition coefficient (Wildman–Crippen LogP) is 5.57. The van der Waals surface area contributed by atoms with E-state index >= 15 is 0 Å². The summed E-state index contributed by atoms with van der Waals surface area (Å²) in [6, 6.07) is 17.7. The molecule has 2 amide bonds. The van der Waals surface area contributed by atoms with Gasteiger partial charge in [0.05, 0.1) is 5.69 Å². The number of anilines is 1. The Morgan fingerprint density at radius 3 is 2.44 bits per heavy atom. The van der Waals surface area contributed by atoms with Crippen LogP contribution in [-0.2, 0) is 16.1 Å². The first kappa shape index (κ1) is 22.2. The minimum absolute atomic E-state index is 0.167. The van der Waals surface area contributed by atoms with Gasteiger partial charge in [0.15, 0.2) is 0 Å². The molecule has 0 saturated carbocycles. The van der Waals surface area contributed by atoms with Crippen LogP contribution >= 0.6 is 0 Å². The van der Waals surface area contributed by atoms with Crippen molar-refractivity contribution in [3.63, 3.8) is 0 Å². The van der Waals surface area contributed by atoms with Crippen LogP contribution < -0.4 is 4.90 Å². The Labute approximate surface area is 190 Å². The number of carbonyl (C=O) groups is 2. The summed E-state index contributed by atoms with van der Waals surface area (Å²) in [7, 11) is 0. The summed E-state index contributed by atoms with van der Waals surface area (Å²) in [5.74, 6) is 0.435. The molecule has 1 saturated heterocycles. The van der Waals surface area contributed by atoms with Gasteiger partial charge in [0.1, 0.15) is 12.2 Å². The standard InChI is InChI=1S/C26H32N2O4/c1-26(2,3)32-24(29)27-15-9-12-20(16-27)22-17-28(23-14-8-7-13-21(22)23)25(30)31-18-19-10-5-4-6-11-19/h4-8,10-11,13-14,20,22H,9,12,15-18H2,1-3H3. The van der Waals surface area contributed by atoms with Crippen LogP contribution in [0.4, 0.5) is 15.3 Å². The van der Waals surface area contributed by atoms with E-state index < -0.39 is 5.60 Å². The van der Waals surface area contributed by atoms with Gasteiger partial charge in [-0.1, -0.05) is 48.5 Å². The minimum Gasteiger partial charge on any atom is -0.444 e. The molecule has 6 nitrogen and oxygen atoms in total. The summed E-state index contributed by atoms with van der Waals surface area (Å²) in [6.45, 7) is 7.83. The van der Waals surface area contributed by atoms with Gasteiger partial charge in [0.25, 0.3) is 0 Å². The van der Waals surface area contributed by atoms with Gasteiger partial charge in [-0.2, -0.15) is 0 Å². The number of hydrogen-bond donors (Lipinski definition) is 0. The molecule has 2 aliphatic rings. The molecule has 2 unspecified atom stereocenters. The van der Waals surface area contributed by atoms with Crippen molar-refractivity contribution in [1.29, 1.82) is 0 Å². The molecule has 0 bridgehead atoms. The first-order chi connectivity index (χ1) is 15.3. The molecule has 2 heterocycles. The second-order valence-electron chi connectivity index (χ2n) is 9.64. The summed E-state index contributed by atoms with van der Waals surface area (Å²) < 4.78 is 11.2. The monoisotopic (exact) mass is 436 g/mol. The lowest BCUT2D eigenvalue weighted by Gasteiger charge is -2.36. The van der Waals surface area contributed by atoms with E-state index in [4.69, 9.17) is 9.47 Å². The molecule has 0 N–H and O–H groups in total. The van der Waals surface area contributed by atoms with E-state index in [9.17, 15) is 9.59 Å². The number of fused-ring (bicyclic) bond motifs is 1. The summed E-state index contributed by atoms with van der Waals surface area (Å²) in [5, 5.41) is 0. The molecule has 0 spiro atoms. The predicted molar refractivity (Wildman–Crippen MR) is 124 cm³/mol. The number of benzene rings is 2. The van der Waals surface area contributed by atoms with E-state index in [2.05, 4.69) is 6.07 Å². The Morgan fingerprint density at radius 2 is 1.69 bits per heavy atom. The fraction of sp³-hybridized carbons (Fsp3) is 0.462. The molecule has 2 atom stereocenters. The maximum Gasteiger partial charge on any atom is 0.414 e. The molecule has 0 aromatic heterocycles. The molecule has 0 aliphatic carbocycles. The number of carbonyl (C=O) groups excluding carboxylic acids is 2. The van der Waals surface area contributed by atoms with E-state index in [-0.39, 0.29) is 30.6 Å². The Balaban J connectivity index is 1.46. The highest BCUT2D eigenvalue weighted by Gasteiger charge is 2.40. The Morgan fingerprint density at radius 1 is 0.969 bits per heavy atom. The lowest BCUT2D eigenvalue weighted by molar-refractivity contribution is 0.0153. The second-order valence-corrected chi connectivity index (χ2v) is 9.64.